The third kappa shape index (κ3) is 2.50. The van der Waals surface area contributed by atoms with E-state index < -0.39 is 0 Å². The number of nitrogens with zero attached hydrogens (tertiary/aromatic N) is 2. The Morgan fingerprint density at radius 1 is 1.22 bits per heavy atom. The Labute approximate surface area is 117 Å². The Balaban J connectivity index is 3.61. The molecule has 4 nitrogen and oxygen atoms in total. The summed E-state index contributed by atoms with van der Waals surface area (Å²) in [6.07, 6.45) is 1.42. The van der Waals surface area contributed by atoms with Gasteiger partial charge in [-0.05, 0) is 24.4 Å². The molecule has 0 radical (unpaired) electrons. The highest BCUT2D eigenvalue weighted by Crippen LogP contribution is 2.30. The second kappa shape index (κ2) is 5.93. The van der Waals surface area contributed by atoms with Crippen molar-refractivity contribution in [1.29, 1.82) is 0 Å². The quantitative estimate of drug-likeness (QED) is 0.785. The molecule has 0 N–H and O–H groups in total. The summed E-state index contributed by atoms with van der Waals surface area (Å²) in [7, 11) is 0. The highest BCUT2D eigenvalue weighted by atomic mass is 35.5. The van der Waals surface area contributed by atoms with Crippen LogP contribution in [0.2, 0.25) is 10.3 Å². The second-order valence-electron chi connectivity index (χ2n) is 4.56. The topological polar surface area (TPSA) is 51.0 Å². The van der Waals surface area contributed by atoms with Gasteiger partial charge in [0.05, 0.1) is 4.43 Å². The fourth-order valence-corrected chi connectivity index (χ4v) is 2.49. The van der Waals surface area contributed by atoms with Crippen LogP contribution in [0.3, 0.4) is 0 Å². The lowest BCUT2D eigenvalue weighted by molar-refractivity contribution is -0.505. The predicted octanol–water partition coefficient (Wildman–Crippen LogP) is 4.08. The maximum Gasteiger partial charge on any atom is 0.350 e. The molecule has 0 unspecified atom stereocenters. The van der Waals surface area contributed by atoms with Gasteiger partial charge in [-0.3, -0.25) is 0 Å². The van der Waals surface area contributed by atoms with Crippen LogP contribution < -0.4 is 4.43 Å². The maximum absolute atomic E-state index is 12.1. The summed E-state index contributed by atoms with van der Waals surface area (Å²) < 4.78 is 1.18. The van der Waals surface area contributed by atoms with Gasteiger partial charge in [0.25, 0.3) is 5.69 Å². The number of hydrogen-bond acceptors (Lipinski definition) is 2. The van der Waals surface area contributed by atoms with Crippen LogP contribution in [0.25, 0.3) is 0 Å². The Bertz CT molecular complexity index is 500. The molecule has 2 atom stereocenters. The summed E-state index contributed by atoms with van der Waals surface area (Å²) >= 11 is 12.0. The largest absolute Gasteiger partial charge is 0.804 e. The molecule has 102 valence electrons. The molecular weight excluding hydrogens is 275 g/mol. The van der Waals surface area contributed by atoms with Gasteiger partial charge >= 0.3 is 5.15 Å². The van der Waals surface area contributed by atoms with Crippen LogP contribution in [0.5, 0.6) is 0 Å². The standard InChI is InChI=1S/C12H18Cl2N2O2/c1-5-7(3)9-11(13)16(18)10(8(4)6-2)12(14)15(9)17/h7-8H,5-6H2,1-4H3/t7-,8-/m0/s1. The Kier molecular flexibility index (Phi) is 5.05. The second-order valence-corrected chi connectivity index (χ2v) is 5.28. The van der Waals surface area contributed by atoms with Gasteiger partial charge in [-0.1, -0.05) is 39.3 Å². The summed E-state index contributed by atoms with van der Waals surface area (Å²) in [6, 6.07) is 0. The van der Waals surface area contributed by atoms with Crippen LogP contribution in [-0.2, 0) is 0 Å². The van der Waals surface area contributed by atoms with Gasteiger partial charge < -0.3 is 9.94 Å². The molecule has 0 aliphatic rings. The first-order valence-corrected chi connectivity index (χ1v) is 6.86. The van der Waals surface area contributed by atoms with Crippen molar-refractivity contribution in [3.05, 3.63) is 31.8 Å². The van der Waals surface area contributed by atoms with Gasteiger partial charge in [0, 0.05) is 16.7 Å². The molecule has 0 aliphatic carbocycles. The third-order valence-electron chi connectivity index (χ3n) is 3.38. The van der Waals surface area contributed by atoms with E-state index in [9.17, 15) is 10.1 Å². The molecule has 0 aromatic carbocycles. The van der Waals surface area contributed by atoms with E-state index in [0.29, 0.717) is 22.0 Å². The molecule has 0 bridgehead atoms. The number of halogens is 2. The van der Waals surface area contributed by atoms with Gasteiger partial charge in [-0.25, -0.2) is 0 Å². The number of rotatable bonds is 4. The van der Waals surface area contributed by atoms with Crippen molar-refractivity contribution in [2.75, 3.05) is 0 Å². The van der Waals surface area contributed by atoms with Crippen molar-refractivity contribution < 1.29 is 4.43 Å². The van der Waals surface area contributed by atoms with E-state index in [2.05, 4.69) is 0 Å². The zero-order valence-electron chi connectivity index (χ0n) is 11.0. The molecule has 18 heavy (non-hydrogen) atoms. The number of hydrogen-bond donors (Lipinski definition) is 0. The van der Waals surface area contributed by atoms with Crippen molar-refractivity contribution in [3.8, 4) is 0 Å². The number of aromatic nitrogens is 2. The lowest BCUT2D eigenvalue weighted by Gasteiger charge is -2.22. The smallest absolute Gasteiger partial charge is 0.350 e. The van der Waals surface area contributed by atoms with Gasteiger partial charge in [0.15, 0.2) is 5.15 Å². The van der Waals surface area contributed by atoms with E-state index in [1.807, 2.05) is 27.7 Å². The molecule has 1 aromatic rings. The van der Waals surface area contributed by atoms with Crippen LogP contribution in [-0.4, -0.2) is 4.73 Å². The minimum Gasteiger partial charge on any atom is -0.804 e. The first kappa shape index (κ1) is 15.3. The fourth-order valence-electron chi connectivity index (χ4n) is 1.78. The summed E-state index contributed by atoms with van der Waals surface area (Å²) in [4.78, 5) is 12.1. The van der Waals surface area contributed by atoms with E-state index in [0.717, 1.165) is 0 Å². The van der Waals surface area contributed by atoms with Crippen LogP contribution in [0.1, 0.15) is 63.8 Å². The Hall–Kier alpha value is -0.740. The zero-order chi connectivity index (χ0) is 14.0. The normalized spacial score (nSPS) is 14.6. The molecule has 0 saturated carbocycles. The molecule has 0 aliphatic heterocycles. The van der Waals surface area contributed by atoms with E-state index in [-0.39, 0.29) is 33.5 Å². The minimum atomic E-state index is -0.112. The Morgan fingerprint density at radius 3 is 2.17 bits per heavy atom. The lowest BCUT2D eigenvalue weighted by Crippen LogP contribution is -2.30. The van der Waals surface area contributed by atoms with Gasteiger partial charge in [-0.2, -0.15) is 0 Å². The van der Waals surface area contributed by atoms with Gasteiger partial charge in [0.1, 0.15) is 5.69 Å². The van der Waals surface area contributed by atoms with E-state index in [4.69, 9.17) is 23.2 Å². The molecule has 6 heteroatoms. The first-order chi connectivity index (χ1) is 8.36. The van der Waals surface area contributed by atoms with E-state index in [1.54, 1.807) is 0 Å². The van der Waals surface area contributed by atoms with Crippen molar-refractivity contribution in [1.82, 2.24) is 4.73 Å². The monoisotopic (exact) mass is 292 g/mol. The van der Waals surface area contributed by atoms with Crippen molar-refractivity contribution >= 4 is 23.2 Å². The molecule has 0 amide bonds. The van der Waals surface area contributed by atoms with Crippen molar-refractivity contribution in [2.24, 2.45) is 0 Å². The highest BCUT2D eigenvalue weighted by molar-refractivity contribution is 6.31. The molecule has 1 heterocycles. The maximum atomic E-state index is 12.1. The van der Waals surface area contributed by atoms with Crippen molar-refractivity contribution in [3.63, 3.8) is 0 Å². The predicted molar refractivity (Wildman–Crippen MR) is 74.0 cm³/mol. The molecule has 1 rings (SSSR count). The summed E-state index contributed by atoms with van der Waals surface area (Å²) in [5.74, 6) is -0.225. The average Bonchev–Trinajstić information content (AvgIpc) is 2.36. The highest BCUT2D eigenvalue weighted by Gasteiger charge is 2.30. The van der Waals surface area contributed by atoms with E-state index in [1.165, 1.54) is 0 Å². The summed E-state index contributed by atoms with van der Waals surface area (Å²) in [6.45, 7) is 7.53. The fraction of sp³-hybridized carbons (Fsp3) is 0.667. The summed E-state index contributed by atoms with van der Waals surface area (Å²) in [5.41, 5.74) is 0.484. The van der Waals surface area contributed by atoms with E-state index >= 15 is 0 Å². The average molecular weight is 293 g/mol. The molecule has 0 saturated heterocycles. The molecule has 1 aromatic heterocycles. The summed E-state index contributed by atoms with van der Waals surface area (Å²) in [5, 5.41) is 12.0. The van der Waals surface area contributed by atoms with Gasteiger partial charge in [-0.15, -0.1) is 0 Å². The Morgan fingerprint density at radius 2 is 1.72 bits per heavy atom. The minimum absolute atomic E-state index is 0.0703. The lowest BCUT2D eigenvalue weighted by atomic mass is 10.0. The molecular formula is C12H18Cl2N2O2. The molecule has 0 fully saturated rings. The molecule has 0 spiro atoms. The van der Waals surface area contributed by atoms with Crippen molar-refractivity contribution in [2.45, 2.75) is 52.4 Å². The first-order valence-electron chi connectivity index (χ1n) is 6.10. The zero-order valence-corrected chi connectivity index (χ0v) is 12.5. The SMILES string of the molecule is CC[C@H](C)c1c(Cl)[n+](=O)c([C@@H](C)CC)c(Cl)n1[O-]. The van der Waals surface area contributed by atoms with Crippen LogP contribution in [0, 0.1) is 10.1 Å². The van der Waals surface area contributed by atoms with Gasteiger partial charge in [0.2, 0.25) is 0 Å². The van der Waals surface area contributed by atoms with Crippen LogP contribution in [0.15, 0.2) is 0 Å². The van der Waals surface area contributed by atoms with Crippen LogP contribution in [0.4, 0.5) is 0 Å². The van der Waals surface area contributed by atoms with Crippen LogP contribution >= 0.6 is 23.2 Å². The third-order valence-corrected chi connectivity index (χ3v) is 4.07.